The lowest BCUT2D eigenvalue weighted by Gasteiger charge is -2.09. The molecule has 0 bridgehead atoms. The molecule has 1 heteroatoms. The fourth-order valence-corrected chi connectivity index (χ4v) is 3.09. The van der Waals surface area contributed by atoms with Crippen molar-refractivity contribution in [3.05, 3.63) is 42.5 Å². The van der Waals surface area contributed by atoms with Crippen molar-refractivity contribution in [1.29, 1.82) is 0 Å². The van der Waals surface area contributed by atoms with E-state index >= 15 is 0 Å². The molecule has 2 rings (SSSR count). The minimum absolute atomic E-state index is 0.838. The largest absolute Gasteiger partial charge is 0.493 e. The number of hydrogen-bond donors (Lipinski definition) is 0. The Morgan fingerprint density at radius 3 is 2.00 bits per heavy atom. The molecule has 0 aliphatic carbocycles. The van der Waals surface area contributed by atoms with Crippen molar-refractivity contribution in [2.45, 2.75) is 71.1 Å². The first-order valence-electron chi connectivity index (χ1n) is 9.52. The molecular formula is C22H32O. The molecular weight excluding hydrogens is 280 g/mol. The zero-order valence-electron chi connectivity index (χ0n) is 14.7. The number of ether oxygens (including phenoxy) is 1. The topological polar surface area (TPSA) is 9.23 Å². The van der Waals surface area contributed by atoms with Gasteiger partial charge in [-0.15, -0.1) is 0 Å². The minimum Gasteiger partial charge on any atom is -0.493 e. The van der Waals surface area contributed by atoms with Gasteiger partial charge in [0.2, 0.25) is 0 Å². The number of benzene rings is 2. The van der Waals surface area contributed by atoms with Crippen molar-refractivity contribution in [2.24, 2.45) is 0 Å². The van der Waals surface area contributed by atoms with Gasteiger partial charge in [-0.05, 0) is 17.9 Å². The first kappa shape index (κ1) is 17.8. The first-order valence-corrected chi connectivity index (χ1v) is 9.52. The second-order valence-electron chi connectivity index (χ2n) is 6.51. The molecule has 2 aromatic rings. The summed E-state index contributed by atoms with van der Waals surface area (Å²) in [5.41, 5.74) is 0. The molecule has 0 unspecified atom stereocenters. The van der Waals surface area contributed by atoms with Gasteiger partial charge in [-0.2, -0.15) is 0 Å². The number of fused-ring (bicyclic) bond motifs is 1. The molecule has 0 atom stereocenters. The predicted molar refractivity (Wildman–Crippen MR) is 101 cm³/mol. The van der Waals surface area contributed by atoms with Crippen molar-refractivity contribution in [3.63, 3.8) is 0 Å². The van der Waals surface area contributed by atoms with Crippen LogP contribution in [0.4, 0.5) is 0 Å². The minimum atomic E-state index is 0.838. The summed E-state index contributed by atoms with van der Waals surface area (Å²) in [5, 5.41) is 2.48. The van der Waals surface area contributed by atoms with Crippen LogP contribution in [-0.4, -0.2) is 6.61 Å². The van der Waals surface area contributed by atoms with Crippen molar-refractivity contribution in [2.75, 3.05) is 6.61 Å². The van der Waals surface area contributed by atoms with E-state index in [0.29, 0.717) is 0 Å². The van der Waals surface area contributed by atoms with E-state index in [1.807, 2.05) is 0 Å². The van der Waals surface area contributed by atoms with Crippen molar-refractivity contribution < 1.29 is 4.74 Å². The van der Waals surface area contributed by atoms with Gasteiger partial charge in [0.25, 0.3) is 0 Å². The molecule has 0 aliphatic rings. The summed E-state index contributed by atoms with van der Waals surface area (Å²) in [6.07, 6.45) is 13.6. The molecule has 0 N–H and O–H groups in total. The summed E-state index contributed by atoms with van der Waals surface area (Å²) in [7, 11) is 0. The van der Waals surface area contributed by atoms with Gasteiger partial charge in [0.15, 0.2) is 0 Å². The maximum Gasteiger partial charge on any atom is 0.127 e. The predicted octanol–water partition coefficient (Wildman–Crippen LogP) is 7.14. The molecule has 0 saturated carbocycles. The lowest BCUT2D eigenvalue weighted by atomic mass is 10.1. The fourth-order valence-electron chi connectivity index (χ4n) is 3.09. The Morgan fingerprint density at radius 2 is 1.26 bits per heavy atom. The molecule has 0 amide bonds. The number of hydrogen-bond acceptors (Lipinski definition) is 1. The average Bonchev–Trinajstić information content (AvgIpc) is 2.60. The normalized spacial score (nSPS) is 11.0. The Balaban J connectivity index is 1.54. The Hall–Kier alpha value is -1.50. The third-order valence-corrected chi connectivity index (χ3v) is 4.51. The lowest BCUT2D eigenvalue weighted by molar-refractivity contribution is 0.307. The highest BCUT2D eigenvalue weighted by Crippen LogP contribution is 2.25. The highest BCUT2D eigenvalue weighted by molar-refractivity contribution is 5.88. The Labute approximate surface area is 142 Å². The van der Waals surface area contributed by atoms with Gasteiger partial charge in [0.1, 0.15) is 5.75 Å². The summed E-state index contributed by atoms with van der Waals surface area (Å²) in [6, 6.07) is 14.7. The second-order valence-corrected chi connectivity index (χ2v) is 6.51. The van der Waals surface area contributed by atoms with Crippen LogP contribution in [0.25, 0.3) is 10.8 Å². The maximum absolute atomic E-state index is 5.99. The van der Waals surface area contributed by atoms with Gasteiger partial charge in [0, 0.05) is 5.39 Å². The third-order valence-electron chi connectivity index (χ3n) is 4.51. The van der Waals surface area contributed by atoms with Crippen LogP contribution in [0.5, 0.6) is 5.75 Å². The lowest BCUT2D eigenvalue weighted by Crippen LogP contribution is -1.97. The summed E-state index contributed by atoms with van der Waals surface area (Å²) < 4.78 is 5.99. The first-order chi connectivity index (χ1) is 11.4. The summed E-state index contributed by atoms with van der Waals surface area (Å²) in [4.78, 5) is 0. The van der Waals surface area contributed by atoms with Gasteiger partial charge >= 0.3 is 0 Å². The fraction of sp³-hybridized carbons (Fsp3) is 0.545. The van der Waals surface area contributed by atoms with E-state index in [-0.39, 0.29) is 0 Å². The molecule has 0 heterocycles. The van der Waals surface area contributed by atoms with E-state index in [1.165, 1.54) is 75.0 Å². The molecule has 0 radical (unpaired) electrons. The van der Waals surface area contributed by atoms with Gasteiger partial charge < -0.3 is 4.74 Å². The zero-order valence-corrected chi connectivity index (χ0v) is 14.7. The number of unbranched alkanes of at least 4 members (excludes halogenated alkanes) is 9. The van der Waals surface area contributed by atoms with Gasteiger partial charge in [0.05, 0.1) is 6.61 Å². The van der Waals surface area contributed by atoms with Gasteiger partial charge in [-0.25, -0.2) is 0 Å². The molecule has 0 aromatic heterocycles. The van der Waals surface area contributed by atoms with Crippen LogP contribution < -0.4 is 4.74 Å². The average molecular weight is 312 g/mol. The van der Waals surface area contributed by atoms with Crippen molar-refractivity contribution in [3.8, 4) is 5.75 Å². The summed E-state index contributed by atoms with van der Waals surface area (Å²) >= 11 is 0. The van der Waals surface area contributed by atoms with E-state index < -0.39 is 0 Å². The van der Waals surface area contributed by atoms with E-state index in [2.05, 4.69) is 49.4 Å². The van der Waals surface area contributed by atoms with Crippen LogP contribution in [0, 0.1) is 0 Å². The van der Waals surface area contributed by atoms with Crippen molar-refractivity contribution in [1.82, 2.24) is 0 Å². The quantitative estimate of drug-likeness (QED) is 0.378. The van der Waals surface area contributed by atoms with Gasteiger partial charge in [-0.3, -0.25) is 0 Å². The molecule has 2 aromatic carbocycles. The highest BCUT2D eigenvalue weighted by Gasteiger charge is 2.00. The SMILES string of the molecule is CCCCCCCCCCCCOc1cccc2ccccc12. The van der Waals surface area contributed by atoms with Crippen LogP contribution in [0.1, 0.15) is 71.1 Å². The molecule has 0 spiro atoms. The van der Waals surface area contributed by atoms with Crippen LogP contribution in [0.2, 0.25) is 0 Å². The maximum atomic E-state index is 5.99. The monoisotopic (exact) mass is 312 g/mol. The molecule has 0 aliphatic heterocycles. The smallest absolute Gasteiger partial charge is 0.127 e. The molecule has 0 fully saturated rings. The van der Waals surface area contributed by atoms with E-state index in [9.17, 15) is 0 Å². The Bertz CT molecular complexity index is 541. The van der Waals surface area contributed by atoms with Gasteiger partial charge in [-0.1, -0.05) is 101 Å². The zero-order chi connectivity index (χ0) is 16.2. The van der Waals surface area contributed by atoms with E-state index in [1.54, 1.807) is 0 Å². The summed E-state index contributed by atoms with van der Waals surface area (Å²) in [5.74, 6) is 1.03. The van der Waals surface area contributed by atoms with Crippen LogP contribution >= 0.6 is 0 Å². The third kappa shape index (κ3) is 6.64. The molecule has 126 valence electrons. The van der Waals surface area contributed by atoms with E-state index in [4.69, 9.17) is 4.74 Å². The molecule has 0 saturated heterocycles. The van der Waals surface area contributed by atoms with Crippen LogP contribution in [0.15, 0.2) is 42.5 Å². The summed E-state index contributed by atoms with van der Waals surface area (Å²) in [6.45, 7) is 3.12. The van der Waals surface area contributed by atoms with Crippen LogP contribution in [-0.2, 0) is 0 Å². The van der Waals surface area contributed by atoms with Crippen molar-refractivity contribution >= 4 is 10.8 Å². The Kier molecular flexibility index (Phi) is 8.61. The Morgan fingerprint density at radius 1 is 0.652 bits per heavy atom. The van der Waals surface area contributed by atoms with Crippen LogP contribution in [0.3, 0.4) is 0 Å². The second kappa shape index (κ2) is 11.1. The number of rotatable bonds is 12. The molecule has 1 nitrogen and oxygen atoms in total. The highest BCUT2D eigenvalue weighted by atomic mass is 16.5. The standard InChI is InChI=1S/C22H32O/c1-2-3-4-5-6-7-8-9-10-13-19-23-22-18-14-16-20-15-11-12-17-21(20)22/h11-12,14-18H,2-10,13,19H2,1H3. The molecule has 23 heavy (non-hydrogen) atoms. The van der Waals surface area contributed by atoms with E-state index in [0.717, 1.165) is 12.4 Å².